The molecule has 1 aliphatic rings. The first-order chi connectivity index (χ1) is 10.6. The van der Waals surface area contributed by atoms with Crippen LogP contribution < -0.4 is 5.32 Å². The van der Waals surface area contributed by atoms with E-state index in [4.69, 9.17) is 4.74 Å². The number of benzene rings is 1. The van der Waals surface area contributed by atoms with Gasteiger partial charge >= 0.3 is 0 Å². The van der Waals surface area contributed by atoms with Gasteiger partial charge in [0.2, 0.25) is 0 Å². The van der Waals surface area contributed by atoms with E-state index in [1.807, 2.05) is 6.92 Å². The highest BCUT2D eigenvalue weighted by atomic mass is 19.1. The average molecular weight is 302 g/mol. The Labute approximate surface area is 128 Å². The maximum absolute atomic E-state index is 13.1. The van der Waals surface area contributed by atoms with E-state index in [1.165, 1.54) is 12.1 Å². The van der Waals surface area contributed by atoms with Gasteiger partial charge in [-0.1, -0.05) is 12.1 Å². The SMILES string of the molecule is Cc1c[nH]cc1C(=O)N[C@H](c1ccc(F)cc1)[C@@H]1CCCO1. The molecule has 0 bridgehead atoms. The second kappa shape index (κ2) is 6.32. The molecule has 2 heterocycles. The van der Waals surface area contributed by atoms with Crippen molar-refractivity contribution in [3.05, 3.63) is 59.2 Å². The summed E-state index contributed by atoms with van der Waals surface area (Å²) in [4.78, 5) is 15.4. The van der Waals surface area contributed by atoms with Crippen molar-refractivity contribution in [1.82, 2.24) is 10.3 Å². The third kappa shape index (κ3) is 3.04. The number of hydrogen-bond acceptors (Lipinski definition) is 2. The van der Waals surface area contributed by atoms with E-state index in [9.17, 15) is 9.18 Å². The quantitative estimate of drug-likeness (QED) is 0.912. The molecule has 0 saturated carbocycles. The standard InChI is InChI=1S/C17H19FN2O2/c1-11-9-19-10-14(11)17(21)20-16(15-3-2-8-22-15)12-4-6-13(18)7-5-12/h4-7,9-10,15-16,19H,2-3,8H2,1H3,(H,20,21)/t15-,16+/m0/s1. The summed E-state index contributed by atoms with van der Waals surface area (Å²) >= 11 is 0. The Morgan fingerprint density at radius 1 is 1.36 bits per heavy atom. The summed E-state index contributed by atoms with van der Waals surface area (Å²) in [6.07, 6.45) is 5.25. The molecule has 2 N–H and O–H groups in total. The Morgan fingerprint density at radius 2 is 2.14 bits per heavy atom. The number of rotatable bonds is 4. The van der Waals surface area contributed by atoms with Crippen molar-refractivity contribution in [1.29, 1.82) is 0 Å². The first kappa shape index (κ1) is 14.8. The van der Waals surface area contributed by atoms with Crippen molar-refractivity contribution < 1.29 is 13.9 Å². The van der Waals surface area contributed by atoms with Gasteiger partial charge in [0.15, 0.2) is 0 Å². The first-order valence-corrected chi connectivity index (χ1v) is 7.46. The number of nitrogens with one attached hydrogen (secondary N) is 2. The molecule has 2 aromatic rings. The van der Waals surface area contributed by atoms with E-state index >= 15 is 0 Å². The molecule has 1 amide bonds. The molecule has 0 radical (unpaired) electrons. The van der Waals surface area contributed by atoms with Crippen LogP contribution in [0.1, 0.15) is 40.4 Å². The number of carbonyl (C=O) groups is 1. The lowest BCUT2D eigenvalue weighted by molar-refractivity contribution is 0.0672. The Hall–Kier alpha value is -2.14. The molecular formula is C17H19FN2O2. The summed E-state index contributed by atoms with van der Waals surface area (Å²) < 4.78 is 18.9. The van der Waals surface area contributed by atoms with Gasteiger partial charge < -0.3 is 15.0 Å². The number of H-pyrrole nitrogens is 1. The lowest BCUT2D eigenvalue weighted by Crippen LogP contribution is -2.36. The number of aromatic amines is 1. The molecule has 4 nitrogen and oxygen atoms in total. The number of carbonyl (C=O) groups excluding carboxylic acids is 1. The molecule has 1 aromatic heterocycles. The minimum absolute atomic E-state index is 0.0753. The Balaban J connectivity index is 1.84. The van der Waals surface area contributed by atoms with Gasteiger partial charge in [-0.05, 0) is 43.0 Å². The molecule has 22 heavy (non-hydrogen) atoms. The highest BCUT2D eigenvalue weighted by Gasteiger charge is 2.29. The van der Waals surface area contributed by atoms with Gasteiger partial charge in [-0.25, -0.2) is 4.39 Å². The molecular weight excluding hydrogens is 283 g/mol. The second-order valence-electron chi connectivity index (χ2n) is 5.61. The van der Waals surface area contributed by atoms with Crippen LogP contribution in [0.3, 0.4) is 0 Å². The van der Waals surface area contributed by atoms with Gasteiger partial charge in [-0.15, -0.1) is 0 Å². The van der Waals surface area contributed by atoms with Crippen LogP contribution in [0.15, 0.2) is 36.7 Å². The summed E-state index contributed by atoms with van der Waals surface area (Å²) in [5, 5.41) is 3.03. The number of amides is 1. The second-order valence-corrected chi connectivity index (χ2v) is 5.61. The zero-order chi connectivity index (χ0) is 15.5. The van der Waals surface area contributed by atoms with Crippen LogP contribution in [0, 0.1) is 12.7 Å². The van der Waals surface area contributed by atoms with E-state index in [1.54, 1.807) is 24.5 Å². The number of ether oxygens (including phenoxy) is 1. The number of aryl methyl sites for hydroxylation is 1. The van der Waals surface area contributed by atoms with Crippen LogP contribution >= 0.6 is 0 Å². The van der Waals surface area contributed by atoms with Crippen molar-refractivity contribution in [2.75, 3.05) is 6.61 Å². The summed E-state index contributed by atoms with van der Waals surface area (Å²) in [7, 11) is 0. The van der Waals surface area contributed by atoms with Gasteiger partial charge in [-0.2, -0.15) is 0 Å². The van der Waals surface area contributed by atoms with Crippen LogP contribution in [0.4, 0.5) is 4.39 Å². The lowest BCUT2D eigenvalue weighted by Gasteiger charge is -2.24. The Bertz CT molecular complexity index is 645. The summed E-state index contributed by atoms with van der Waals surface area (Å²) in [5.74, 6) is -0.439. The molecule has 0 aliphatic carbocycles. The monoisotopic (exact) mass is 302 g/mol. The zero-order valence-corrected chi connectivity index (χ0v) is 12.4. The van der Waals surface area contributed by atoms with Crippen LogP contribution in [-0.4, -0.2) is 23.6 Å². The number of hydrogen-bond donors (Lipinski definition) is 2. The summed E-state index contributed by atoms with van der Waals surface area (Å²) in [6, 6.07) is 5.94. The van der Waals surface area contributed by atoms with Gasteiger partial charge in [0, 0.05) is 19.0 Å². The molecule has 3 rings (SSSR count). The van der Waals surface area contributed by atoms with Crippen molar-refractivity contribution in [2.24, 2.45) is 0 Å². The predicted molar refractivity (Wildman–Crippen MR) is 81.1 cm³/mol. The zero-order valence-electron chi connectivity index (χ0n) is 12.4. The van der Waals surface area contributed by atoms with Crippen molar-refractivity contribution in [3.63, 3.8) is 0 Å². The van der Waals surface area contributed by atoms with Gasteiger partial charge in [0.25, 0.3) is 5.91 Å². The predicted octanol–water partition coefficient (Wildman–Crippen LogP) is 3.11. The molecule has 0 unspecified atom stereocenters. The highest BCUT2D eigenvalue weighted by Crippen LogP contribution is 2.27. The molecule has 1 fully saturated rings. The molecule has 116 valence electrons. The smallest absolute Gasteiger partial charge is 0.253 e. The first-order valence-electron chi connectivity index (χ1n) is 7.46. The van der Waals surface area contributed by atoms with Crippen molar-refractivity contribution in [2.45, 2.75) is 31.9 Å². The van der Waals surface area contributed by atoms with Crippen LogP contribution in [-0.2, 0) is 4.74 Å². The van der Waals surface area contributed by atoms with Crippen LogP contribution in [0.5, 0.6) is 0 Å². The number of aromatic nitrogens is 1. The molecule has 1 aromatic carbocycles. The van der Waals surface area contributed by atoms with Crippen molar-refractivity contribution in [3.8, 4) is 0 Å². The fourth-order valence-electron chi connectivity index (χ4n) is 2.83. The van der Waals surface area contributed by atoms with Crippen LogP contribution in [0.2, 0.25) is 0 Å². The van der Waals surface area contributed by atoms with Gasteiger partial charge in [0.1, 0.15) is 5.82 Å². The molecule has 1 aliphatic heterocycles. The third-order valence-corrected chi connectivity index (χ3v) is 4.05. The normalized spacial score (nSPS) is 19.1. The van der Waals surface area contributed by atoms with Gasteiger partial charge in [0.05, 0.1) is 17.7 Å². The Morgan fingerprint density at radius 3 is 2.73 bits per heavy atom. The topological polar surface area (TPSA) is 54.1 Å². The molecule has 2 atom stereocenters. The minimum atomic E-state index is -0.289. The lowest BCUT2D eigenvalue weighted by atomic mass is 9.98. The fraction of sp³-hybridized carbons (Fsp3) is 0.353. The molecule has 5 heteroatoms. The van der Waals surface area contributed by atoms with Crippen LogP contribution in [0.25, 0.3) is 0 Å². The third-order valence-electron chi connectivity index (χ3n) is 4.05. The van der Waals surface area contributed by atoms with Crippen molar-refractivity contribution >= 4 is 5.91 Å². The molecule has 1 saturated heterocycles. The fourth-order valence-corrected chi connectivity index (χ4v) is 2.83. The maximum atomic E-state index is 13.1. The van der Waals surface area contributed by atoms with Gasteiger partial charge in [-0.3, -0.25) is 4.79 Å². The Kier molecular flexibility index (Phi) is 4.24. The van der Waals surface area contributed by atoms with E-state index < -0.39 is 0 Å². The van der Waals surface area contributed by atoms with E-state index in [2.05, 4.69) is 10.3 Å². The molecule has 0 spiro atoms. The summed E-state index contributed by atoms with van der Waals surface area (Å²) in [6.45, 7) is 2.58. The average Bonchev–Trinajstić information content (AvgIpc) is 3.17. The maximum Gasteiger partial charge on any atom is 0.253 e. The minimum Gasteiger partial charge on any atom is -0.376 e. The van der Waals surface area contributed by atoms with E-state index in [0.717, 1.165) is 24.0 Å². The highest BCUT2D eigenvalue weighted by molar-refractivity contribution is 5.95. The number of halogens is 1. The van der Waals surface area contributed by atoms with E-state index in [0.29, 0.717) is 12.2 Å². The summed E-state index contributed by atoms with van der Waals surface area (Å²) in [5.41, 5.74) is 2.36. The van der Waals surface area contributed by atoms with E-state index in [-0.39, 0.29) is 23.9 Å². The largest absolute Gasteiger partial charge is 0.376 e.